The van der Waals surface area contributed by atoms with E-state index in [2.05, 4.69) is 10.2 Å². The number of carbonyl (C=O) groups excluding carboxylic acids is 1. The number of benzene rings is 1. The van der Waals surface area contributed by atoms with Crippen LogP contribution in [0.2, 0.25) is 0 Å². The number of hydrogen-bond acceptors (Lipinski definition) is 6. The van der Waals surface area contributed by atoms with E-state index in [0.29, 0.717) is 29.4 Å². The van der Waals surface area contributed by atoms with Gasteiger partial charge in [-0.15, -0.1) is 0 Å². The molecule has 27 heavy (non-hydrogen) atoms. The van der Waals surface area contributed by atoms with Crippen molar-refractivity contribution in [2.24, 2.45) is 0 Å². The molecule has 1 amide bonds. The van der Waals surface area contributed by atoms with Crippen LogP contribution in [-0.4, -0.2) is 51.8 Å². The Kier molecular flexibility index (Phi) is 6.24. The van der Waals surface area contributed by atoms with Crippen LogP contribution >= 0.6 is 0 Å². The van der Waals surface area contributed by atoms with Gasteiger partial charge in [0.15, 0.2) is 11.5 Å². The third kappa shape index (κ3) is 4.19. The summed E-state index contributed by atoms with van der Waals surface area (Å²) in [4.78, 5) is 15.2. The minimum Gasteiger partial charge on any atom is -0.496 e. The predicted octanol–water partition coefficient (Wildman–Crippen LogP) is 2.87. The van der Waals surface area contributed by atoms with Crippen LogP contribution in [0.25, 0.3) is 0 Å². The van der Waals surface area contributed by atoms with Gasteiger partial charge in [-0.3, -0.25) is 9.69 Å². The van der Waals surface area contributed by atoms with Gasteiger partial charge in [-0.2, -0.15) is 0 Å². The fraction of sp³-hybridized carbons (Fsp3) is 0.450. The Balaban J connectivity index is 1.77. The molecule has 2 heterocycles. The molecule has 1 aromatic heterocycles. The van der Waals surface area contributed by atoms with Crippen molar-refractivity contribution in [3.63, 3.8) is 0 Å². The molecule has 0 spiro atoms. The van der Waals surface area contributed by atoms with E-state index < -0.39 is 0 Å². The van der Waals surface area contributed by atoms with E-state index in [4.69, 9.17) is 18.6 Å². The highest BCUT2D eigenvalue weighted by Crippen LogP contribution is 2.34. The average Bonchev–Trinajstić information content (AvgIpc) is 3.41. The Bertz CT molecular complexity index is 754. The fourth-order valence-electron chi connectivity index (χ4n) is 3.44. The van der Waals surface area contributed by atoms with E-state index in [1.807, 2.05) is 12.1 Å². The SMILES string of the molecule is COc1cc(OC)c(C(=O)NCC(c2ccco2)N2CCCC2)cc1OC. The summed E-state index contributed by atoms with van der Waals surface area (Å²) in [6, 6.07) is 7.12. The third-order valence-electron chi connectivity index (χ3n) is 4.86. The molecular formula is C20H26N2O5. The van der Waals surface area contributed by atoms with Gasteiger partial charge in [0.05, 0.1) is 39.2 Å². The maximum absolute atomic E-state index is 12.8. The maximum Gasteiger partial charge on any atom is 0.255 e. The van der Waals surface area contributed by atoms with Crippen LogP contribution in [0.5, 0.6) is 17.2 Å². The van der Waals surface area contributed by atoms with Crippen LogP contribution in [0.15, 0.2) is 34.9 Å². The van der Waals surface area contributed by atoms with Gasteiger partial charge in [0.1, 0.15) is 11.5 Å². The van der Waals surface area contributed by atoms with Gasteiger partial charge in [0.25, 0.3) is 5.91 Å². The lowest BCUT2D eigenvalue weighted by atomic mass is 10.1. The molecule has 1 N–H and O–H groups in total. The quantitative estimate of drug-likeness (QED) is 0.766. The van der Waals surface area contributed by atoms with E-state index in [1.165, 1.54) is 14.2 Å². The summed E-state index contributed by atoms with van der Waals surface area (Å²) in [6.45, 7) is 2.45. The van der Waals surface area contributed by atoms with Crippen LogP contribution in [0.1, 0.15) is 35.0 Å². The zero-order valence-corrected chi connectivity index (χ0v) is 16.0. The highest BCUT2D eigenvalue weighted by atomic mass is 16.5. The smallest absolute Gasteiger partial charge is 0.255 e. The zero-order chi connectivity index (χ0) is 19.2. The lowest BCUT2D eigenvalue weighted by molar-refractivity contribution is 0.0930. The van der Waals surface area contributed by atoms with Gasteiger partial charge in [-0.05, 0) is 38.1 Å². The summed E-state index contributed by atoms with van der Waals surface area (Å²) in [5.74, 6) is 2.04. The molecule has 7 heteroatoms. The molecule has 1 saturated heterocycles. The number of nitrogens with one attached hydrogen (secondary N) is 1. The van der Waals surface area contributed by atoms with Gasteiger partial charge in [-0.1, -0.05) is 0 Å². The lowest BCUT2D eigenvalue weighted by Crippen LogP contribution is -2.36. The number of carbonyl (C=O) groups is 1. The van der Waals surface area contributed by atoms with Gasteiger partial charge in [-0.25, -0.2) is 0 Å². The van der Waals surface area contributed by atoms with Gasteiger partial charge in [0.2, 0.25) is 0 Å². The van der Waals surface area contributed by atoms with Crippen LogP contribution in [0, 0.1) is 0 Å². The number of hydrogen-bond donors (Lipinski definition) is 1. The Labute approximate surface area is 159 Å². The fourth-order valence-corrected chi connectivity index (χ4v) is 3.44. The largest absolute Gasteiger partial charge is 0.496 e. The van der Waals surface area contributed by atoms with E-state index in [-0.39, 0.29) is 11.9 Å². The highest BCUT2D eigenvalue weighted by Gasteiger charge is 2.27. The van der Waals surface area contributed by atoms with Crippen LogP contribution in [-0.2, 0) is 0 Å². The maximum atomic E-state index is 12.8. The van der Waals surface area contributed by atoms with Crippen molar-refractivity contribution in [3.05, 3.63) is 41.9 Å². The van der Waals surface area contributed by atoms with Crippen molar-refractivity contribution in [2.75, 3.05) is 41.0 Å². The van der Waals surface area contributed by atoms with Crippen molar-refractivity contribution in [1.29, 1.82) is 0 Å². The number of likely N-dealkylation sites (tertiary alicyclic amines) is 1. The Morgan fingerprint density at radius 3 is 2.37 bits per heavy atom. The molecule has 1 fully saturated rings. The Morgan fingerprint density at radius 2 is 1.78 bits per heavy atom. The topological polar surface area (TPSA) is 73.2 Å². The molecule has 1 unspecified atom stereocenters. The second-order valence-corrected chi connectivity index (χ2v) is 6.39. The van der Waals surface area contributed by atoms with Crippen LogP contribution in [0.3, 0.4) is 0 Å². The zero-order valence-electron chi connectivity index (χ0n) is 16.0. The molecule has 0 radical (unpaired) electrons. The Morgan fingerprint density at radius 1 is 1.11 bits per heavy atom. The van der Waals surface area contributed by atoms with Crippen molar-refractivity contribution < 1.29 is 23.4 Å². The molecular weight excluding hydrogens is 348 g/mol. The molecule has 0 saturated carbocycles. The summed E-state index contributed by atoms with van der Waals surface area (Å²) < 4.78 is 21.5. The molecule has 2 aromatic rings. The van der Waals surface area contributed by atoms with Crippen molar-refractivity contribution in [3.8, 4) is 17.2 Å². The van der Waals surface area contributed by atoms with Crippen molar-refractivity contribution >= 4 is 5.91 Å². The Hall–Kier alpha value is -2.67. The molecule has 1 aromatic carbocycles. The first-order valence-electron chi connectivity index (χ1n) is 9.03. The predicted molar refractivity (Wildman–Crippen MR) is 101 cm³/mol. The number of amides is 1. The number of ether oxygens (including phenoxy) is 3. The van der Waals surface area contributed by atoms with E-state index in [9.17, 15) is 4.79 Å². The first-order chi connectivity index (χ1) is 13.2. The molecule has 146 valence electrons. The van der Waals surface area contributed by atoms with Gasteiger partial charge < -0.3 is 23.9 Å². The highest BCUT2D eigenvalue weighted by molar-refractivity contribution is 5.97. The van der Waals surface area contributed by atoms with Crippen LogP contribution < -0.4 is 19.5 Å². The monoisotopic (exact) mass is 374 g/mol. The summed E-state index contributed by atoms with van der Waals surface area (Å²) in [5, 5.41) is 3.01. The molecule has 0 aliphatic carbocycles. The summed E-state index contributed by atoms with van der Waals surface area (Å²) in [7, 11) is 4.60. The van der Waals surface area contributed by atoms with Crippen LogP contribution in [0.4, 0.5) is 0 Å². The molecule has 1 aliphatic heterocycles. The molecule has 1 aliphatic rings. The van der Waals surface area contributed by atoms with E-state index in [0.717, 1.165) is 31.7 Å². The van der Waals surface area contributed by atoms with Crippen molar-refractivity contribution in [2.45, 2.75) is 18.9 Å². The molecule has 3 rings (SSSR count). The minimum absolute atomic E-state index is 0.0117. The minimum atomic E-state index is -0.233. The molecule has 7 nitrogen and oxygen atoms in total. The number of furan rings is 1. The average molecular weight is 374 g/mol. The normalized spacial score (nSPS) is 15.4. The first-order valence-corrected chi connectivity index (χ1v) is 9.03. The number of nitrogens with zero attached hydrogens (tertiary/aromatic N) is 1. The molecule has 0 bridgehead atoms. The van der Waals surface area contributed by atoms with Gasteiger partial charge in [0, 0.05) is 18.7 Å². The second kappa shape index (κ2) is 8.81. The standard InChI is InChI=1S/C20H26N2O5/c1-24-17-12-19(26-3)18(25-2)11-14(17)20(23)21-13-15(16-7-6-10-27-16)22-8-4-5-9-22/h6-7,10-12,15H,4-5,8-9,13H2,1-3H3,(H,21,23). The summed E-state index contributed by atoms with van der Waals surface area (Å²) >= 11 is 0. The number of rotatable bonds is 8. The van der Waals surface area contributed by atoms with E-state index >= 15 is 0 Å². The summed E-state index contributed by atoms with van der Waals surface area (Å²) in [5.41, 5.74) is 0.398. The van der Waals surface area contributed by atoms with E-state index in [1.54, 1.807) is 25.5 Å². The lowest BCUT2D eigenvalue weighted by Gasteiger charge is -2.26. The third-order valence-corrected chi connectivity index (χ3v) is 4.86. The number of methoxy groups -OCH3 is 3. The molecule has 1 atom stereocenters. The first kappa shape index (κ1) is 19.1. The second-order valence-electron chi connectivity index (χ2n) is 6.39. The van der Waals surface area contributed by atoms with Crippen molar-refractivity contribution in [1.82, 2.24) is 10.2 Å². The van der Waals surface area contributed by atoms with Gasteiger partial charge >= 0.3 is 0 Å². The summed E-state index contributed by atoms with van der Waals surface area (Å²) in [6.07, 6.45) is 3.99.